The number of sulfonamides is 2. The highest BCUT2D eigenvalue weighted by Gasteiger charge is 2.39. The molecule has 29 heteroatoms. The van der Waals surface area contributed by atoms with Crippen LogP contribution in [0.25, 0.3) is 0 Å². The van der Waals surface area contributed by atoms with Crippen LogP contribution in [0.2, 0.25) is 0 Å². The summed E-state index contributed by atoms with van der Waals surface area (Å²) in [6, 6.07) is 25.5. The van der Waals surface area contributed by atoms with Crippen LogP contribution in [0, 0.1) is 28.5 Å². The molecule has 4 bridgehead atoms. The molecule has 412 valence electrons. The lowest BCUT2D eigenvalue weighted by Crippen LogP contribution is -2.43. The SMILES string of the molecule is Cn1cncc1C(C)(NCCCNS(=O)(=O)c1cccc(O)c1)c1ccc(C#N)c(F)c1.Cn1cncc1C1(C)NCCCNS(=O)(=O)c2cccc(c2)Oc2cc1ccc2C#N.O=C(O)C(F)(F)F.O=C(O)C(F)(F)F. The quantitative estimate of drug-likeness (QED) is 0.0589. The molecule has 0 aliphatic carbocycles. The monoisotopic (exact) mass is 1120 g/mol. The van der Waals surface area contributed by atoms with E-state index in [1.165, 1.54) is 48.5 Å². The summed E-state index contributed by atoms with van der Waals surface area (Å²) in [7, 11) is -3.67. The molecule has 1 aliphatic heterocycles. The fourth-order valence-corrected chi connectivity index (χ4v) is 9.42. The number of nitrogens with one attached hydrogen (secondary N) is 4. The summed E-state index contributed by atoms with van der Waals surface area (Å²) in [5.41, 5.74) is 2.07. The minimum absolute atomic E-state index is 0.0155. The van der Waals surface area contributed by atoms with Gasteiger partial charge < -0.3 is 39.8 Å². The zero-order valence-electron chi connectivity index (χ0n) is 41.0. The number of phenolic OH excluding ortho intramolecular Hbond substituents is 1. The van der Waals surface area contributed by atoms with Gasteiger partial charge in [-0.3, -0.25) is 0 Å². The van der Waals surface area contributed by atoms with E-state index in [0.717, 1.165) is 17.0 Å². The van der Waals surface area contributed by atoms with Crippen molar-refractivity contribution in [3.63, 3.8) is 0 Å². The lowest BCUT2D eigenvalue weighted by molar-refractivity contribution is -0.193. The minimum Gasteiger partial charge on any atom is -0.508 e. The standard InChI is InChI=1S/C22H24FN5O3S.C22H23N5O3S.2C2HF3O2/c1-22(21-14-25-15-28(21)2,17-8-7-16(13-24)20(23)11-17)26-9-4-10-27-32(30,31)19-6-3-5-18(29)12-19;1-22(21-14-24-15-27(21)2)17-8-7-16(13-23)20(11-17)30-18-5-3-6-19(12-18)31(28,29)26-10-4-9-25-22;2*3-2(4,5)1(6)7/h3,5-8,11-12,14-15,26-27,29H,4,9-10H2,1-2H3;3,5-8,11-12,14-15,25-26H,4,9-10H2,1-2H3;2*(H,6,7). The second-order valence-electron chi connectivity index (χ2n) is 16.7. The molecule has 0 saturated carbocycles. The summed E-state index contributed by atoms with van der Waals surface area (Å²) in [6.07, 6.45) is -2.29. The van der Waals surface area contributed by atoms with Crippen LogP contribution in [-0.2, 0) is 54.8 Å². The number of carboxylic acid groups (broad SMARTS) is 2. The number of phenols is 1. The zero-order valence-corrected chi connectivity index (χ0v) is 42.6. The number of hydrogen-bond acceptors (Lipinski definition) is 14. The molecule has 2 atom stereocenters. The number of aromatic hydroxyl groups is 1. The van der Waals surface area contributed by atoms with Crippen molar-refractivity contribution < 1.29 is 77.2 Å². The number of hydrogen-bond donors (Lipinski definition) is 7. The van der Waals surface area contributed by atoms with Gasteiger partial charge in [-0.15, -0.1) is 0 Å². The molecule has 77 heavy (non-hydrogen) atoms. The maximum absolute atomic E-state index is 14.3. The van der Waals surface area contributed by atoms with Gasteiger partial charge in [0, 0.05) is 33.3 Å². The Morgan fingerprint density at radius 3 is 2.01 bits per heavy atom. The molecule has 1 aliphatic rings. The van der Waals surface area contributed by atoms with Gasteiger partial charge in [-0.2, -0.15) is 36.9 Å². The molecular formula is C48H49F7N10O10S2. The molecule has 0 fully saturated rings. The van der Waals surface area contributed by atoms with Crippen LogP contribution in [0.15, 0.2) is 120 Å². The molecule has 6 aromatic rings. The van der Waals surface area contributed by atoms with Crippen LogP contribution in [0.5, 0.6) is 17.2 Å². The number of halogens is 7. The molecule has 0 radical (unpaired) electrons. The molecule has 2 aromatic heterocycles. The Balaban J connectivity index is 0.000000267. The molecule has 20 nitrogen and oxygen atoms in total. The summed E-state index contributed by atoms with van der Waals surface area (Å²) in [5.74, 6) is -5.56. The van der Waals surface area contributed by atoms with Crippen molar-refractivity contribution in [3.8, 4) is 29.4 Å². The van der Waals surface area contributed by atoms with Gasteiger partial charge in [-0.25, -0.2) is 50.2 Å². The highest BCUT2D eigenvalue weighted by Crippen LogP contribution is 2.35. The van der Waals surface area contributed by atoms with Crippen molar-refractivity contribution in [1.29, 1.82) is 10.5 Å². The molecule has 0 spiro atoms. The summed E-state index contributed by atoms with van der Waals surface area (Å²) in [4.78, 5) is 26.3. The van der Waals surface area contributed by atoms with Crippen LogP contribution < -0.4 is 24.8 Å². The Morgan fingerprint density at radius 2 is 1.45 bits per heavy atom. The molecule has 0 amide bonds. The Hall–Kier alpha value is -7.93. The van der Waals surface area contributed by atoms with E-state index < -0.39 is 61.2 Å². The first-order chi connectivity index (χ1) is 35.9. The number of aliphatic carboxylic acids is 2. The van der Waals surface area contributed by atoms with E-state index in [0.29, 0.717) is 55.1 Å². The van der Waals surface area contributed by atoms with Gasteiger partial charge in [0.15, 0.2) is 0 Å². The Labute approximate surface area is 436 Å². The number of alkyl halides is 6. The Kier molecular flexibility index (Phi) is 20.6. The summed E-state index contributed by atoms with van der Waals surface area (Å²) in [5, 5.41) is 49.3. The number of fused-ring (bicyclic) bond motifs is 4. The van der Waals surface area contributed by atoms with E-state index in [1.54, 1.807) is 49.3 Å². The van der Waals surface area contributed by atoms with Gasteiger partial charge >= 0.3 is 24.3 Å². The second kappa shape index (κ2) is 25.7. The van der Waals surface area contributed by atoms with Crippen LogP contribution in [0.4, 0.5) is 30.7 Å². The first kappa shape index (κ1) is 61.6. The molecule has 3 heterocycles. The zero-order chi connectivity index (χ0) is 57.6. The van der Waals surface area contributed by atoms with Crippen molar-refractivity contribution in [2.45, 2.75) is 59.9 Å². The number of aromatic nitrogens is 4. The predicted molar refractivity (Wildman–Crippen MR) is 259 cm³/mol. The molecule has 4 aromatic carbocycles. The van der Waals surface area contributed by atoms with Crippen LogP contribution in [-0.4, -0.2) is 102 Å². The van der Waals surface area contributed by atoms with E-state index in [-0.39, 0.29) is 27.6 Å². The van der Waals surface area contributed by atoms with Gasteiger partial charge in [-0.05, 0) is 106 Å². The lowest BCUT2D eigenvalue weighted by Gasteiger charge is -2.32. The third kappa shape index (κ3) is 16.5. The number of carbonyl (C=O) groups is 2. The van der Waals surface area contributed by atoms with Crippen molar-refractivity contribution in [1.82, 2.24) is 39.2 Å². The third-order valence-corrected chi connectivity index (χ3v) is 14.1. The van der Waals surface area contributed by atoms with Crippen LogP contribution in [0.1, 0.15) is 60.3 Å². The number of benzene rings is 4. The number of rotatable bonds is 10. The average molecular weight is 1120 g/mol. The van der Waals surface area contributed by atoms with Crippen molar-refractivity contribution in [2.75, 3.05) is 26.2 Å². The maximum Gasteiger partial charge on any atom is 0.490 e. The summed E-state index contributed by atoms with van der Waals surface area (Å²) >= 11 is 0. The van der Waals surface area contributed by atoms with E-state index >= 15 is 0 Å². The first-order valence-electron chi connectivity index (χ1n) is 22.2. The fourth-order valence-electron chi connectivity index (χ4n) is 7.20. The second-order valence-corrected chi connectivity index (χ2v) is 20.2. The molecule has 7 N–H and O–H groups in total. The smallest absolute Gasteiger partial charge is 0.490 e. The normalized spacial score (nSPS) is 16.0. The largest absolute Gasteiger partial charge is 0.508 e. The maximum atomic E-state index is 14.3. The summed E-state index contributed by atoms with van der Waals surface area (Å²) < 4.78 is 143. The minimum atomic E-state index is -5.08. The van der Waals surface area contributed by atoms with Gasteiger partial charge in [0.2, 0.25) is 20.0 Å². The highest BCUT2D eigenvalue weighted by molar-refractivity contribution is 7.89. The van der Waals surface area contributed by atoms with E-state index in [2.05, 4.69) is 36.1 Å². The summed E-state index contributed by atoms with van der Waals surface area (Å²) in [6.45, 7) is 5.33. The van der Waals surface area contributed by atoms with Crippen molar-refractivity contribution in [3.05, 3.63) is 149 Å². The van der Waals surface area contributed by atoms with Gasteiger partial charge in [0.1, 0.15) is 35.2 Å². The number of aryl methyl sites for hydroxylation is 2. The predicted octanol–water partition coefficient (Wildman–Crippen LogP) is 6.24. The van der Waals surface area contributed by atoms with E-state index in [9.17, 15) is 57.9 Å². The van der Waals surface area contributed by atoms with Gasteiger partial charge in [-0.1, -0.05) is 24.3 Å². The average Bonchev–Trinajstić information content (AvgIpc) is 4.01. The Bertz CT molecular complexity index is 3340. The van der Waals surface area contributed by atoms with Crippen LogP contribution >= 0.6 is 0 Å². The fraction of sp³-hybridized carbons (Fsp3) is 0.292. The lowest BCUT2D eigenvalue weighted by atomic mass is 9.87. The van der Waals surface area contributed by atoms with E-state index in [1.807, 2.05) is 55.3 Å². The van der Waals surface area contributed by atoms with Gasteiger partial charge in [0.05, 0.1) is 68.4 Å². The Morgan fingerprint density at radius 1 is 0.844 bits per heavy atom. The number of nitrogens with zero attached hydrogens (tertiary/aromatic N) is 6. The topological polar surface area (TPSA) is 304 Å². The molecular weight excluding hydrogens is 1070 g/mol. The van der Waals surface area contributed by atoms with Crippen molar-refractivity contribution >= 4 is 32.0 Å². The molecule has 7 rings (SSSR count). The number of imidazole rings is 2. The van der Waals surface area contributed by atoms with E-state index in [4.69, 9.17) is 29.8 Å². The first-order valence-corrected chi connectivity index (χ1v) is 25.2. The highest BCUT2D eigenvalue weighted by atomic mass is 32.2. The number of carboxylic acids is 2. The van der Waals surface area contributed by atoms with Crippen LogP contribution in [0.3, 0.4) is 0 Å². The van der Waals surface area contributed by atoms with Gasteiger partial charge in [0.25, 0.3) is 0 Å². The third-order valence-electron chi connectivity index (χ3n) is 11.2. The van der Waals surface area contributed by atoms with Crippen molar-refractivity contribution in [2.24, 2.45) is 14.1 Å². The number of ether oxygens (including phenoxy) is 1. The molecule has 2 unspecified atom stereocenters. The molecule has 0 saturated heterocycles. The number of nitriles is 2.